The van der Waals surface area contributed by atoms with E-state index < -0.39 is 0 Å². The van der Waals surface area contributed by atoms with E-state index in [0.29, 0.717) is 38.7 Å². The van der Waals surface area contributed by atoms with Crippen molar-refractivity contribution in [2.75, 3.05) is 32.9 Å². The van der Waals surface area contributed by atoms with Gasteiger partial charge in [-0.3, -0.25) is 4.79 Å². The molecule has 0 unspecified atom stereocenters. The van der Waals surface area contributed by atoms with E-state index in [1.165, 1.54) is 0 Å². The molecule has 1 aliphatic rings. The molecule has 0 aromatic heterocycles. The molecule has 0 radical (unpaired) electrons. The Morgan fingerprint density at radius 3 is 2.77 bits per heavy atom. The van der Waals surface area contributed by atoms with Gasteiger partial charge in [-0.25, -0.2) is 0 Å². The minimum Gasteiger partial charge on any atom is -0.493 e. The van der Waals surface area contributed by atoms with Crippen LogP contribution < -0.4 is 4.74 Å². The number of amides is 1. The van der Waals surface area contributed by atoms with Crippen molar-refractivity contribution in [2.45, 2.75) is 13.3 Å². The number of morpholine rings is 1. The van der Waals surface area contributed by atoms with E-state index in [4.69, 9.17) is 9.47 Å². The maximum atomic E-state index is 12.7. The highest BCUT2D eigenvalue weighted by atomic mass is 16.5. The van der Waals surface area contributed by atoms with Crippen LogP contribution in [0.4, 0.5) is 0 Å². The second kappa shape index (κ2) is 8.50. The number of ether oxygens (including phenoxy) is 2. The number of nitrogens with zero attached hydrogens (tertiary/aromatic N) is 2. The summed E-state index contributed by atoms with van der Waals surface area (Å²) in [6, 6.07) is 13.9. The van der Waals surface area contributed by atoms with E-state index in [1.807, 2.05) is 43.3 Å². The van der Waals surface area contributed by atoms with Crippen molar-refractivity contribution < 1.29 is 14.3 Å². The molecule has 3 rings (SSSR count). The van der Waals surface area contributed by atoms with Gasteiger partial charge in [0.05, 0.1) is 19.8 Å². The summed E-state index contributed by atoms with van der Waals surface area (Å²) < 4.78 is 11.2. The molecule has 1 fully saturated rings. The Morgan fingerprint density at radius 2 is 2.04 bits per heavy atom. The molecule has 0 bridgehead atoms. The van der Waals surface area contributed by atoms with Gasteiger partial charge in [-0.2, -0.15) is 5.26 Å². The van der Waals surface area contributed by atoms with Crippen LogP contribution in [0.2, 0.25) is 0 Å². The predicted octanol–water partition coefficient (Wildman–Crippen LogP) is 3.39. The molecule has 0 N–H and O–H groups in total. The van der Waals surface area contributed by atoms with Crippen molar-refractivity contribution in [1.82, 2.24) is 4.90 Å². The molecule has 0 saturated carbocycles. The lowest BCUT2D eigenvalue weighted by atomic mass is 10.0. The molecule has 1 heterocycles. The Bertz CT molecular complexity index is 861. The molecule has 0 aliphatic carbocycles. The zero-order chi connectivity index (χ0) is 18.4. The fourth-order valence-corrected chi connectivity index (χ4v) is 2.99. The first-order valence-electron chi connectivity index (χ1n) is 8.88. The quantitative estimate of drug-likeness (QED) is 0.612. The zero-order valence-corrected chi connectivity index (χ0v) is 14.9. The minimum absolute atomic E-state index is 0.115. The first-order chi connectivity index (χ1) is 12.7. The molecule has 5 nitrogen and oxygen atoms in total. The average Bonchev–Trinajstić information content (AvgIpc) is 2.71. The fourth-order valence-electron chi connectivity index (χ4n) is 2.99. The summed E-state index contributed by atoms with van der Waals surface area (Å²) in [4.78, 5) is 14.4. The van der Waals surface area contributed by atoms with Crippen LogP contribution in [0.5, 0.6) is 5.75 Å². The Morgan fingerprint density at radius 1 is 1.27 bits per heavy atom. The molecule has 5 heteroatoms. The van der Waals surface area contributed by atoms with Crippen molar-refractivity contribution in [3.05, 3.63) is 47.5 Å². The first-order valence-corrected chi connectivity index (χ1v) is 8.88. The molecule has 26 heavy (non-hydrogen) atoms. The summed E-state index contributed by atoms with van der Waals surface area (Å²) in [7, 11) is 0. The molecule has 2 aromatic carbocycles. The van der Waals surface area contributed by atoms with Crippen LogP contribution in [0.15, 0.2) is 42.0 Å². The van der Waals surface area contributed by atoms with Crippen molar-refractivity contribution in [3.63, 3.8) is 0 Å². The first kappa shape index (κ1) is 18.0. The smallest absolute Gasteiger partial charge is 0.264 e. The predicted molar refractivity (Wildman–Crippen MR) is 101 cm³/mol. The molecule has 134 valence electrons. The summed E-state index contributed by atoms with van der Waals surface area (Å²) in [5, 5.41) is 11.6. The van der Waals surface area contributed by atoms with Gasteiger partial charge in [0.1, 0.15) is 17.4 Å². The summed E-state index contributed by atoms with van der Waals surface area (Å²) >= 11 is 0. The lowest BCUT2D eigenvalue weighted by molar-refractivity contribution is -0.130. The Labute approximate surface area is 153 Å². The standard InChI is InChI=1S/C21H22N2O3/c1-2-11-26-20-8-7-16-5-3-4-6-18(16)19(20)14-17(15-22)21(24)23-9-12-25-13-10-23/h3-8,14H,2,9-13H2,1H3/b17-14-. The van der Waals surface area contributed by atoms with Crippen LogP contribution in [-0.4, -0.2) is 43.7 Å². The maximum Gasteiger partial charge on any atom is 0.264 e. The number of carbonyl (C=O) groups excluding carboxylic acids is 1. The third-order valence-electron chi connectivity index (χ3n) is 4.33. The number of hydrogen-bond acceptors (Lipinski definition) is 4. The topological polar surface area (TPSA) is 62.6 Å². The number of fused-ring (bicyclic) bond motifs is 1. The van der Waals surface area contributed by atoms with Crippen LogP contribution in [0.1, 0.15) is 18.9 Å². The van der Waals surface area contributed by atoms with Gasteiger partial charge >= 0.3 is 0 Å². The van der Waals surface area contributed by atoms with E-state index in [0.717, 1.165) is 22.8 Å². The highest BCUT2D eigenvalue weighted by molar-refractivity contribution is 6.05. The van der Waals surface area contributed by atoms with E-state index in [9.17, 15) is 10.1 Å². The SMILES string of the molecule is CCCOc1ccc2ccccc2c1/C=C(/C#N)C(=O)N1CCOCC1. The van der Waals surface area contributed by atoms with E-state index in [1.54, 1.807) is 11.0 Å². The lowest BCUT2D eigenvalue weighted by Crippen LogP contribution is -2.41. The van der Waals surface area contributed by atoms with Gasteiger partial charge in [0.25, 0.3) is 5.91 Å². The summed E-state index contributed by atoms with van der Waals surface area (Å²) in [6.07, 6.45) is 2.54. The maximum absolute atomic E-state index is 12.7. The van der Waals surface area contributed by atoms with Crippen molar-refractivity contribution >= 4 is 22.8 Å². The number of rotatable bonds is 5. The number of hydrogen-bond donors (Lipinski definition) is 0. The Balaban J connectivity index is 2.04. The number of carbonyl (C=O) groups is 1. The van der Waals surface area contributed by atoms with Crippen LogP contribution in [-0.2, 0) is 9.53 Å². The summed E-state index contributed by atoms with van der Waals surface area (Å²) in [5.74, 6) is 0.429. The minimum atomic E-state index is -0.259. The van der Waals surface area contributed by atoms with Crippen LogP contribution in [0, 0.1) is 11.3 Å². The van der Waals surface area contributed by atoms with E-state index >= 15 is 0 Å². The van der Waals surface area contributed by atoms with Crippen molar-refractivity contribution in [1.29, 1.82) is 5.26 Å². The molecule has 1 amide bonds. The number of benzene rings is 2. The Kier molecular flexibility index (Phi) is 5.88. The molecular formula is C21H22N2O3. The molecule has 1 saturated heterocycles. The molecule has 2 aromatic rings. The third-order valence-corrected chi connectivity index (χ3v) is 4.33. The van der Waals surface area contributed by atoms with Crippen LogP contribution in [0.3, 0.4) is 0 Å². The normalized spacial score (nSPS) is 14.9. The Hall–Kier alpha value is -2.84. The number of nitriles is 1. The van der Waals surface area contributed by atoms with Crippen LogP contribution in [0.25, 0.3) is 16.8 Å². The second-order valence-electron chi connectivity index (χ2n) is 6.12. The average molecular weight is 350 g/mol. The zero-order valence-electron chi connectivity index (χ0n) is 14.9. The van der Waals surface area contributed by atoms with E-state index in [-0.39, 0.29) is 11.5 Å². The van der Waals surface area contributed by atoms with Gasteiger partial charge < -0.3 is 14.4 Å². The van der Waals surface area contributed by atoms with Crippen molar-refractivity contribution in [2.24, 2.45) is 0 Å². The van der Waals surface area contributed by atoms with Gasteiger partial charge in [0, 0.05) is 18.7 Å². The lowest BCUT2D eigenvalue weighted by Gasteiger charge is -2.26. The second-order valence-corrected chi connectivity index (χ2v) is 6.12. The highest BCUT2D eigenvalue weighted by Gasteiger charge is 2.21. The summed E-state index contributed by atoms with van der Waals surface area (Å²) in [5.41, 5.74) is 0.888. The largest absolute Gasteiger partial charge is 0.493 e. The van der Waals surface area contributed by atoms with Gasteiger partial charge in [-0.05, 0) is 29.3 Å². The molecular weight excluding hydrogens is 328 g/mol. The van der Waals surface area contributed by atoms with Gasteiger partial charge in [-0.1, -0.05) is 37.3 Å². The van der Waals surface area contributed by atoms with Crippen molar-refractivity contribution in [3.8, 4) is 11.8 Å². The third kappa shape index (κ3) is 3.87. The van der Waals surface area contributed by atoms with Gasteiger partial charge in [0.2, 0.25) is 0 Å². The highest BCUT2D eigenvalue weighted by Crippen LogP contribution is 2.30. The van der Waals surface area contributed by atoms with Gasteiger partial charge in [-0.15, -0.1) is 0 Å². The molecule has 0 spiro atoms. The fraction of sp³-hybridized carbons (Fsp3) is 0.333. The molecule has 0 atom stereocenters. The van der Waals surface area contributed by atoms with Gasteiger partial charge in [0.15, 0.2) is 0 Å². The summed E-state index contributed by atoms with van der Waals surface area (Å²) in [6.45, 7) is 4.64. The monoisotopic (exact) mass is 350 g/mol. The van der Waals surface area contributed by atoms with E-state index in [2.05, 4.69) is 6.07 Å². The van der Waals surface area contributed by atoms with Crippen LogP contribution >= 0.6 is 0 Å². The molecule has 1 aliphatic heterocycles.